The van der Waals surface area contributed by atoms with Crippen molar-refractivity contribution >= 4 is 0 Å². The average Bonchev–Trinajstić information content (AvgIpc) is 2.38. The Labute approximate surface area is 95.7 Å². The van der Waals surface area contributed by atoms with E-state index < -0.39 is 0 Å². The van der Waals surface area contributed by atoms with Crippen molar-refractivity contribution in [1.29, 1.82) is 0 Å². The van der Waals surface area contributed by atoms with E-state index in [1.807, 2.05) is 54.6 Å². The molecule has 2 nitrogen and oxygen atoms in total. The van der Waals surface area contributed by atoms with Crippen molar-refractivity contribution in [2.75, 3.05) is 0 Å². The zero-order valence-corrected chi connectivity index (χ0v) is 8.97. The Morgan fingerprint density at radius 1 is 1.06 bits per heavy atom. The third kappa shape index (κ3) is 2.92. The molecule has 2 aromatic carbocycles. The van der Waals surface area contributed by atoms with Crippen molar-refractivity contribution in [2.45, 2.75) is 12.8 Å². The molecule has 0 aliphatic rings. The van der Waals surface area contributed by atoms with Crippen molar-refractivity contribution in [3.8, 4) is 0 Å². The second-order valence-corrected chi connectivity index (χ2v) is 3.55. The topological polar surface area (TPSA) is 35.2 Å². The summed E-state index contributed by atoms with van der Waals surface area (Å²) in [6.07, 6.45) is -0.380. The standard InChI is InChI=1S/C14H14NO/c15-14(13-9-5-2-6-10-13)16-11-12-7-3-1-4-8-12/h1,3-10,14H,11,15H2. The van der Waals surface area contributed by atoms with E-state index in [1.165, 1.54) is 0 Å². The molecule has 0 bridgehead atoms. The number of benzene rings is 2. The second kappa shape index (κ2) is 5.45. The molecule has 1 unspecified atom stereocenters. The van der Waals surface area contributed by atoms with Crippen LogP contribution in [0.5, 0.6) is 0 Å². The highest BCUT2D eigenvalue weighted by Gasteiger charge is 2.04. The first-order chi connectivity index (χ1) is 7.86. The molecule has 1 atom stereocenters. The normalized spacial score (nSPS) is 12.3. The van der Waals surface area contributed by atoms with E-state index in [4.69, 9.17) is 10.5 Å². The van der Waals surface area contributed by atoms with Gasteiger partial charge in [-0.3, -0.25) is 0 Å². The third-order valence-corrected chi connectivity index (χ3v) is 2.34. The van der Waals surface area contributed by atoms with Gasteiger partial charge in [-0.15, -0.1) is 0 Å². The van der Waals surface area contributed by atoms with E-state index in [0.29, 0.717) is 6.61 Å². The Morgan fingerprint density at radius 3 is 2.44 bits per heavy atom. The number of hydrogen-bond donors (Lipinski definition) is 1. The van der Waals surface area contributed by atoms with Gasteiger partial charge in [0.2, 0.25) is 0 Å². The predicted octanol–water partition coefficient (Wildman–Crippen LogP) is 2.66. The molecule has 0 aromatic heterocycles. The van der Waals surface area contributed by atoms with E-state index in [0.717, 1.165) is 11.1 Å². The maximum absolute atomic E-state index is 5.91. The van der Waals surface area contributed by atoms with E-state index in [2.05, 4.69) is 6.07 Å². The highest BCUT2D eigenvalue weighted by atomic mass is 16.5. The Hall–Kier alpha value is -1.64. The number of rotatable bonds is 4. The van der Waals surface area contributed by atoms with Gasteiger partial charge in [0.25, 0.3) is 0 Å². The molecule has 2 aromatic rings. The smallest absolute Gasteiger partial charge is 0.132 e. The van der Waals surface area contributed by atoms with Crippen LogP contribution in [0.15, 0.2) is 54.6 Å². The Balaban J connectivity index is 1.92. The van der Waals surface area contributed by atoms with E-state index in [-0.39, 0.29) is 6.23 Å². The molecule has 0 saturated carbocycles. The van der Waals surface area contributed by atoms with Crippen LogP contribution in [0.3, 0.4) is 0 Å². The SMILES string of the molecule is NC(OCc1ccccc1)c1cc[c]cc1. The maximum Gasteiger partial charge on any atom is 0.132 e. The lowest BCUT2D eigenvalue weighted by Crippen LogP contribution is -2.14. The minimum Gasteiger partial charge on any atom is -0.355 e. The van der Waals surface area contributed by atoms with Crippen LogP contribution >= 0.6 is 0 Å². The highest BCUT2D eigenvalue weighted by molar-refractivity contribution is 5.17. The molecular weight excluding hydrogens is 198 g/mol. The molecule has 16 heavy (non-hydrogen) atoms. The summed E-state index contributed by atoms with van der Waals surface area (Å²) in [6.45, 7) is 0.528. The molecule has 0 spiro atoms. The molecule has 0 fully saturated rings. The summed E-state index contributed by atoms with van der Waals surface area (Å²) in [4.78, 5) is 0. The summed E-state index contributed by atoms with van der Waals surface area (Å²) < 4.78 is 5.58. The molecule has 2 heteroatoms. The minimum absolute atomic E-state index is 0.380. The zero-order chi connectivity index (χ0) is 11.2. The third-order valence-electron chi connectivity index (χ3n) is 2.34. The quantitative estimate of drug-likeness (QED) is 0.791. The van der Waals surface area contributed by atoms with Crippen LogP contribution in [0.2, 0.25) is 0 Å². The van der Waals surface area contributed by atoms with E-state index in [1.54, 1.807) is 0 Å². The van der Waals surface area contributed by atoms with Gasteiger partial charge in [0.05, 0.1) is 6.61 Å². The van der Waals surface area contributed by atoms with Gasteiger partial charge in [-0.1, -0.05) is 54.6 Å². The summed E-state index contributed by atoms with van der Waals surface area (Å²) in [6, 6.07) is 20.4. The second-order valence-electron chi connectivity index (χ2n) is 3.55. The van der Waals surface area contributed by atoms with Crippen LogP contribution in [0, 0.1) is 6.07 Å². The van der Waals surface area contributed by atoms with Crippen molar-refractivity contribution < 1.29 is 4.74 Å². The van der Waals surface area contributed by atoms with Gasteiger partial charge in [-0.25, -0.2) is 0 Å². The van der Waals surface area contributed by atoms with Crippen LogP contribution in [0.1, 0.15) is 17.4 Å². The maximum atomic E-state index is 5.91. The summed E-state index contributed by atoms with van der Waals surface area (Å²) in [5.74, 6) is 0. The minimum atomic E-state index is -0.380. The van der Waals surface area contributed by atoms with E-state index >= 15 is 0 Å². The number of nitrogens with two attached hydrogens (primary N) is 1. The number of hydrogen-bond acceptors (Lipinski definition) is 2. The predicted molar refractivity (Wildman–Crippen MR) is 63.4 cm³/mol. The first-order valence-electron chi connectivity index (χ1n) is 5.23. The Morgan fingerprint density at radius 2 is 1.75 bits per heavy atom. The fourth-order valence-electron chi connectivity index (χ4n) is 1.45. The Bertz CT molecular complexity index is 413. The molecule has 1 radical (unpaired) electrons. The van der Waals surface area contributed by atoms with Crippen molar-refractivity contribution in [1.82, 2.24) is 0 Å². The van der Waals surface area contributed by atoms with Crippen LogP contribution in [0.4, 0.5) is 0 Å². The molecular formula is C14H14NO. The summed E-state index contributed by atoms with van der Waals surface area (Å²) in [5, 5.41) is 0. The van der Waals surface area contributed by atoms with Crippen LogP contribution in [0.25, 0.3) is 0 Å². The molecule has 2 N–H and O–H groups in total. The molecule has 0 saturated heterocycles. The fraction of sp³-hybridized carbons (Fsp3) is 0.143. The molecule has 0 heterocycles. The van der Waals surface area contributed by atoms with E-state index in [9.17, 15) is 0 Å². The first-order valence-corrected chi connectivity index (χ1v) is 5.23. The molecule has 2 rings (SSSR count). The van der Waals surface area contributed by atoms with Gasteiger partial charge in [0, 0.05) is 0 Å². The van der Waals surface area contributed by atoms with Gasteiger partial charge in [-0.05, 0) is 17.2 Å². The van der Waals surface area contributed by atoms with Crippen molar-refractivity contribution in [2.24, 2.45) is 5.73 Å². The zero-order valence-electron chi connectivity index (χ0n) is 8.97. The monoisotopic (exact) mass is 212 g/mol. The highest BCUT2D eigenvalue weighted by Crippen LogP contribution is 2.13. The van der Waals surface area contributed by atoms with Gasteiger partial charge >= 0.3 is 0 Å². The first kappa shape index (κ1) is 10.9. The number of ether oxygens (including phenoxy) is 1. The lowest BCUT2D eigenvalue weighted by atomic mass is 10.2. The van der Waals surface area contributed by atoms with Gasteiger partial charge in [0.15, 0.2) is 0 Å². The molecule has 81 valence electrons. The van der Waals surface area contributed by atoms with Crippen molar-refractivity contribution in [3.63, 3.8) is 0 Å². The lowest BCUT2D eigenvalue weighted by molar-refractivity contribution is 0.0441. The average molecular weight is 212 g/mol. The van der Waals surface area contributed by atoms with Crippen LogP contribution < -0.4 is 5.73 Å². The Kier molecular flexibility index (Phi) is 3.70. The molecule has 0 amide bonds. The van der Waals surface area contributed by atoms with Crippen LogP contribution in [-0.4, -0.2) is 0 Å². The van der Waals surface area contributed by atoms with Gasteiger partial charge in [-0.2, -0.15) is 0 Å². The summed E-state index contributed by atoms with van der Waals surface area (Å²) in [5.41, 5.74) is 8.00. The van der Waals surface area contributed by atoms with Gasteiger partial charge < -0.3 is 10.5 Å². The summed E-state index contributed by atoms with van der Waals surface area (Å²) in [7, 11) is 0. The summed E-state index contributed by atoms with van der Waals surface area (Å²) >= 11 is 0. The van der Waals surface area contributed by atoms with Gasteiger partial charge in [0.1, 0.15) is 6.23 Å². The largest absolute Gasteiger partial charge is 0.355 e. The lowest BCUT2D eigenvalue weighted by Gasteiger charge is -2.13. The molecule has 0 aliphatic heterocycles. The molecule has 0 aliphatic carbocycles. The van der Waals surface area contributed by atoms with Crippen LogP contribution in [-0.2, 0) is 11.3 Å². The van der Waals surface area contributed by atoms with Crippen molar-refractivity contribution in [3.05, 3.63) is 71.8 Å². The fourth-order valence-corrected chi connectivity index (χ4v) is 1.45.